The largest absolute Gasteiger partial charge is 0.493 e. The summed E-state index contributed by atoms with van der Waals surface area (Å²) in [6, 6.07) is 16.8. The van der Waals surface area contributed by atoms with Crippen LogP contribution in [0.3, 0.4) is 0 Å². The number of aromatic nitrogens is 1. The van der Waals surface area contributed by atoms with Crippen molar-refractivity contribution in [2.45, 2.75) is 26.2 Å². The lowest BCUT2D eigenvalue weighted by molar-refractivity contribution is 0.0977. The van der Waals surface area contributed by atoms with Gasteiger partial charge in [0.25, 0.3) is 5.91 Å². The normalized spacial score (nSPS) is 10.6. The molecule has 1 amide bonds. The Morgan fingerprint density at radius 2 is 1.71 bits per heavy atom. The van der Waals surface area contributed by atoms with Crippen LogP contribution >= 0.6 is 12.2 Å². The third-order valence-electron chi connectivity index (χ3n) is 5.89. The molecule has 2 N–H and O–H groups in total. The molecule has 4 aromatic rings. The predicted molar refractivity (Wildman–Crippen MR) is 150 cm³/mol. The highest BCUT2D eigenvalue weighted by atomic mass is 32.1. The van der Waals surface area contributed by atoms with Crippen LogP contribution in [0.5, 0.6) is 23.0 Å². The number of hydrogen-bond acceptors (Lipinski definition) is 6. The van der Waals surface area contributed by atoms with Crippen molar-refractivity contribution in [1.82, 2.24) is 10.3 Å². The molecule has 0 saturated heterocycles. The van der Waals surface area contributed by atoms with Crippen molar-refractivity contribution in [2.75, 3.05) is 19.5 Å². The standard InChI is InChI=1S/C29H28FN3O4S/c1-4-5-6-18-7-9-19(10-8-18)28(34)33-29(38)32-23-12-11-20(15-22(23)30)37-25-13-14-31-24-17-27(36-3)26(35-2)16-21(24)25/h7-17H,4-6H2,1-3H3,(H2,32,33,34,38). The number of benzene rings is 3. The van der Waals surface area contributed by atoms with Crippen molar-refractivity contribution in [1.29, 1.82) is 0 Å². The number of hydrogen-bond donors (Lipinski definition) is 2. The maximum Gasteiger partial charge on any atom is 0.257 e. The molecule has 0 unspecified atom stereocenters. The summed E-state index contributed by atoms with van der Waals surface area (Å²) in [6.45, 7) is 2.14. The van der Waals surface area contributed by atoms with Crippen molar-refractivity contribution in [3.05, 3.63) is 83.8 Å². The molecule has 3 aromatic carbocycles. The lowest BCUT2D eigenvalue weighted by Gasteiger charge is -2.14. The first-order chi connectivity index (χ1) is 18.4. The second-order valence-corrected chi connectivity index (χ2v) is 8.89. The fourth-order valence-electron chi connectivity index (χ4n) is 3.86. The molecule has 7 nitrogen and oxygen atoms in total. The number of carbonyl (C=O) groups excluding carboxylic acids is 1. The fourth-order valence-corrected chi connectivity index (χ4v) is 4.06. The fraction of sp³-hybridized carbons (Fsp3) is 0.207. The highest BCUT2D eigenvalue weighted by molar-refractivity contribution is 7.80. The summed E-state index contributed by atoms with van der Waals surface area (Å²) >= 11 is 5.22. The molecule has 0 aliphatic rings. The van der Waals surface area contributed by atoms with Crippen LogP contribution in [0.4, 0.5) is 10.1 Å². The van der Waals surface area contributed by atoms with Gasteiger partial charge in [0.2, 0.25) is 0 Å². The molecule has 9 heteroatoms. The van der Waals surface area contributed by atoms with Gasteiger partial charge < -0.3 is 19.5 Å². The molecule has 38 heavy (non-hydrogen) atoms. The summed E-state index contributed by atoms with van der Waals surface area (Å²) in [6.07, 6.45) is 4.77. The third-order valence-corrected chi connectivity index (χ3v) is 6.09. The lowest BCUT2D eigenvalue weighted by atomic mass is 10.1. The van der Waals surface area contributed by atoms with E-state index in [0.29, 0.717) is 33.7 Å². The Bertz CT molecular complexity index is 1460. The van der Waals surface area contributed by atoms with Crippen molar-refractivity contribution in [3.63, 3.8) is 0 Å². The van der Waals surface area contributed by atoms with Gasteiger partial charge in [-0.05, 0) is 67.0 Å². The molecule has 0 aliphatic heterocycles. The molecule has 0 fully saturated rings. The Balaban J connectivity index is 1.42. The molecule has 0 aliphatic carbocycles. The van der Waals surface area contributed by atoms with E-state index in [4.69, 9.17) is 26.4 Å². The Morgan fingerprint density at radius 3 is 2.39 bits per heavy atom. The second kappa shape index (κ2) is 12.3. The van der Waals surface area contributed by atoms with Crippen molar-refractivity contribution in [3.8, 4) is 23.0 Å². The minimum absolute atomic E-state index is 0.0150. The molecule has 1 aromatic heterocycles. The van der Waals surface area contributed by atoms with E-state index in [1.807, 2.05) is 12.1 Å². The third kappa shape index (κ3) is 6.36. The highest BCUT2D eigenvalue weighted by Gasteiger charge is 2.14. The van der Waals surface area contributed by atoms with Gasteiger partial charge in [0.05, 0.1) is 25.4 Å². The van der Waals surface area contributed by atoms with Crippen LogP contribution in [0.1, 0.15) is 35.7 Å². The number of anilines is 1. The smallest absolute Gasteiger partial charge is 0.257 e. The zero-order valence-electron chi connectivity index (χ0n) is 21.3. The number of pyridine rings is 1. The number of thiocarbonyl (C=S) groups is 1. The minimum Gasteiger partial charge on any atom is -0.493 e. The van der Waals surface area contributed by atoms with Gasteiger partial charge in [0.15, 0.2) is 16.6 Å². The average molecular weight is 534 g/mol. The number of methoxy groups -OCH3 is 2. The number of carbonyl (C=O) groups is 1. The van der Waals surface area contributed by atoms with E-state index in [1.165, 1.54) is 17.7 Å². The summed E-state index contributed by atoms with van der Waals surface area (Å²) in [7, 11) is 3.09. The number of rotatable bonds is 9. The average Bonchev–Trinajstić information content (AvgIpc) is 2.93. The topological polar surface area (TPSA) is 81.7 Å². The number of nitrogens with one attached hydrogen (secondary N) is 2. The van der Waals surface area contributed by atoms with Crippen LogP contribution in [0.2, 0.25) is 0 Å². The van der Waals surface area contributed by atoms with Gasteiger partial charge >= 0.3 is 0 Å². The van der Waals surface area contributed by atoms with E-state index in [2.05, 4.69) is 22.5 Å². The van der Waals surface area contributed by atoms with Crippen LogP contribution in [0.15, 0.2) is 66.9 Å². The van der Waals surface area contributed by atoms with E-state index >= 15 is 0 Å². The molecule has 0 saturated carbocycles. The van der Waals surface area contributed by atoms with Gasteiger partial charge in [0.1, 0.15) is 17.3 Å². The van der Waals surface area contributed by atoms with Crippen molar-refractivity contribution < 1.29 is 23.4 Å². The van der Waals surface area contributed by atoms with E-state index in [-0.39, 0.29) is 22.5 Å². The summed E-state index contributed by atoms with van der Waals surface area (Å²) in [5.41, 5.74) is 2.38. The number of ether oxygens (including phenoxy) is 3. The van der Waals surface area contributed by atoms with Crippen LogP contribution in [0, 0.1) is 5.82 Å². The zero-order chi connectivity index (χ0) is 27.1. The van der Waals surface area contributed by atoms with Crippen molar-refractivity contribution in [2.24, 2.45) is 0 Å². The van der Waals surface area contributed by atoms with Crippen LogP contribution in [-0.4, -0.2) is 30.2 Å². The number of unbranched alkanes of at least 4 members (excludes halogenated alkanes) is 1. The van der Waals surface area contributed by atoms with Gasteiger partial charge in [-0.3, -0.25) is 15.1 Å². The number of aryl methyl sites for hydroxylation is 1. The summed E-state index contributed by atoms with van der Waals surface area (Å²) in [5.74, 6) is 0.830. The summed E-state index contributed by atoms with van der Waals surface area (Å²) < 4.78 is 31.6. The second-order valence-electron chi connectivity index (χ2n) is 8.49. The van der Waals surface area contributed by atoms with Gasteiger partial charge in [-0.25, -0.2) is 4.39 Å². The highest BCUT2D eigenvalue weighted by Crippen LogP contribution is 2.37. The van der Waals surface area contributed by atoms with E-state index in [9.17, 15) is 9.18 Å². The number of halogens is 1. The Hall–Kier alpha value is -4.24. The first kappa shape index (κ1) is 26.8. The first-order valence-corrected chi connectivity index (χ1v) is 12.5. The van der Waals surface area contributed by atoms with E-state index in [0.717, 1.165) is 19.3 Å². The maximum atomic E-state index is 14.9. The zero-order valence-corrected chi connectivity index (χ0v) is 22.2. The van der Waals surface area contributed by atoms with Crippen LogP contribution < -0.4 is 24.8 Å². The molecule has 0 radical (unpaired) electrons. The monoisotopic (exact) mass is 533 g/mol. The molecular weight excluding hydrogens is 505 g/mol. The minimum atomic E-state index is -0.600. The lowest BCUT2D eigenvalue weighted by Crippen LogP contribution is -2.34. The number of fused-ring (bicyclic) bond motifs is 1. The molecule has 1 heterocycles. The number of amides is 1. The van der Waals surface area contributed by atoms with Crippen molar-refractivity contribution >= 4 is 39.8 Å². The molecule has 4 rings (SSSR count). The summed E-state index contributed by atoms with van der Waals surface area (Å²) in [5, 5.41) is 5.97. The van der Waals surface area contributed by atoms with Crippen LogP contribution in [-0.2, 0) is 6.42 Å². The molecule has 0 bridgehead atoms. The SMILES string of the molecule is CCCCc1ccc(C(=O)NC(=S)Nc2ccc(Oc3ccnc4cc(OC)c(OC)cc34)cc2F)cc1. The maximum absolute atomic E-state index is 14.9. The Morgan fingerprint density at radius 1 is 0.974 bits per heavy atom. The van der Waals surface area contributed by atoms with Gasteiger partial charge in [0, 0.05) is 29.3 Å². The molecular formula is C29H28FN3O4S. The van der Waals surface area contributed by atoms with Gasteiger partial charge in [-0.1, -0.05) is 25.5 Å². The summed E-state index contributed by atoms with van der Waals surface area (Å²) in [4.78, 5) is 16.9. The predicted octanol–water partition coefficient (Wildman–Crippen LogP) is 6.65. The van der Waals surface area contributed by atoms with E-state index < -0.39 is 5.82 Å². The van der Waals surface area contributed by atoms with Gasteiger partial charge in [-0.2, -0.15) is 0 Å². The first-order valence-electron chi connectivity index (χ1n) is 12.1. The quantitative estimate of drug-likeness (QED) is 0.233. The Kier molecular flexibility index (Phi) is 8.70. The molecule has 196 valence electrons. The van der Waals surface area contributed by atoms with Crippen LogP contribution in [0.25, 0.3) is 10.9 Å². The van der Waals surface area contributed by atoms with Gasteiger partial charge in [-0.15, -0.1) is 0 Å². The van der Waals surface area contributed by atoms with E-state index in [1.54, 1.807) is 56.8 Å². The molecule has 0 spiro atoms. The Labute approximate surface area is 225 Å². The molecule has 0 atom stereocenters. The number of nitrogens with zero attached hydrogens (tertiary/aromatic N) is 1.